The summed E-state index contributed by atoms with van der Waals surface area (Å²) >= 11 is 0. The molecule has 0 radical (unpaired) electrons. The van der Waals surface area contributed by atoms with Crippen molar-refractivity contribution in [2.45, 2.75) is 6.92 Å². The minimum Gasteiger partial charge on any atom is -0.496 e. The van der Waals surface area contributed by atoms with Crippen molar-refractivity contribution in [2.75, 3.05) is 21.3 Å². The smallest absolute Gasteiger partial charge is 0.164 e. The SMILES string of the molecule is COc1cc(OC)c(OC)cc1/C=C/C(C)=N\O. The number of nitrogens with zero attached hydrogens (tertiary/aromatic N) is 1. The third-order valence-electron chi connectivity index (χ3n) is 2.40. The fourth-order valence-electron chi connectivity index (χ4n) is 1.43. The zero-order chi connectivity index (χ0) is 13.5. The van der Waals surface area contributed by atoms with Crippen LogP contribution >= 0.6 is 0 Å². The van der Waals surface area contributed by atoms with E-state index in [-0.39, 0.29) is 0 Å². The van der Waals surface area contributed by atoms with E-state index in [4.69, 9.17) is 19.4 Å². The molecular formula is C13H17NO4. The van der Waals surface area contributed by atoms with Crippen LogP contribution in [0.15, 0.2) is 23.4 Å². The lowest BCUT2D eigenvalue weighted by Crippen LogP contribution is -1.94. The highest BCUT2D eigenvalue weighted by Gasteiger charge is 2.09. The number of hydrogen-bond acceptors (Lipinski definition) is 5. The first kappa shape index (κ1) is 13.9. The van der Waals surface area contributed by atoms with Gasteiger partial charge in [-0.25, -0.2) is 0 Å². The number of allylic oxidation sites excluding steroid dienone is 1. The molecule has 5 heteroatoms. The summed E-state index contributed by atoms with van der Waals surface area (Å²) in [6.07, 6.45) is 3.44. The molecule has 18 heavy (non-hydrogen) atoms. The Balaban J connectivity index is 3.21. The molecule has 98 valence electrons. The first-order chi connectivity index (χ1) is 8.65. The normalized spacial score (nSPS) is 11.7. The van der Waals surface area contributed by atoms with Crippen LogP contribution in [-0.4, -0.2) is 32.2 Å². The van der Waals surface area contributed by atoms with Crippen molar-refractivity contribution < 1.29 is 19.4 Å². The molecule has 1 aromatic carbocycles. The van der Waals surface area contributed by atoms with E-state index >= 15 is 0 Å². The Labute approximate surface area is 106 Å². The third kappa shape index (κ3) is 3.16. The minimum absolute atomic E-state index is 0.492. The van der Waals surface area contributed by atoms with Crippen molar-refractivity contribution >= 4 is 11.8 Å². The monoisotopic (exact) mass is 251 g/mol. The molecule has 0 atom stereocenters. The van der Waals surface area contributed by atoms with Gasteiger partial charge in [-0.1, -0.05) is 5.16 Å². The number of benzene rings is 1. The molecule has 0 bridgehead atoms. The van der Waals surface area contributed by atoms with Crippen LogP contribution in [0, 0.1) is 0 Å². The van der Waals surface area contributed by atoms with E-state index in [1.807, 2.05) is 0 Å². The standard InChI is InChI=1S/C13H17NO4/c1-9(14-15)5-6-10-7-12(17-3)13(18-4)8-11(10)16-2/h5-8,15H,1-4H3/b6-5+,14-9-. The van der Waals surface area contributed by atoms with E-state index in [1.54, 1.807) is 52.5 Å². The second-order valence-electron chi connectivity index (χ2n) is 3.52. The van der Waals surface area contributed by atoms with Crippen LogP contribution in [0.3, 0.4) is 0 Å². The van der Waals surface area contributed by atoms with E-state index in [2.05, 4.69) is 5.16 Å². The molecule has 0 amide bonds. The van der Waals surface area contributed by atoms with Gasteiger partial charge in [-0.05, 0) is 25.1 Å². The average Bonchev–Trinajstić information content (AvgIpc) is 2.43. The van der Waals surface area contributed by atoms with Gasteiger partial charge in [-0.3, -0.25) is 0 Å². The van der Waals surface area contributed by atoms with Crippen molar-refractivity contribution in [1.29, 1.82) is 0 Å². The van der Waals surface area contributed by atoms with Gasteiger partial charge in [0, 0.05) is 11.6 Å². The summed E-state index contributed by atoms with van der Waals surface area (Å²) < 4.78 is 15.7. The summed E-state index contributed by atoms with van der Waals surface area (Å²) in [7, 11) is 4.71. The minimum atomic E-state index is 0.492. The molecule has 0 aliphatic rings. The van der Waals surface area contributed by atoms with Gasteiger partial charge < -0.3 is 19.4 Å². The van der Waals surface area contributed by atoms with Crippen LogP contribution < -0.4 is 14.2 Å². The quantitative estimate of drug-likeness (QED) is 0.496. The van der Waals surface area contributed by atoms with Crippen LogP contribution in [0.4, 0.5) is 0 Å². The van der Waals surface area contributed by atoms with Gasteiger partial charge in [0.2, 0.25) is 0 Å². The van der Waals surface area contributed by atoms with E-state index < -0.39 is 0 Å². The van der Waals surface area contributed by atoms with Crippen molar-refractivity contribution in [3.63, 3.8) is 0 Å². The largest absolute Gasteiger partial charge is 0.496 e. The highest BCUT2D eigenvalue weighted by Crippen LogP contribution is 2.35. The molecule has 0 saturated carbocycles. The fraction of sp³-hybridized carbons (Fsp3) is 0.308. The zero-order valence-electron chi connectivity index (χ0n) is 10.9. The maximum atomic E-state index is 8.58. The van der Waals surface area contributed by atoms with Crippen LogP contribution in [0.5, 0.6) is 17.2 Å². The molecule has 0 aliphatic heterocycles. The zero-order valence-corrected chi connectivity index (χ0v) is 10.9. The summed E-state index contributed by atoms with van der Waals surface area (Å²) in [4.78, 5) is 0. The molecule has 1 rings (SSSR count). The first-order valence-electron chi connectivity index (χ1n) is 5.33. The lowest BCUT2D eigenvalue weighted by Gasteiger charge is -2.12. The lowest BCUT2D eigenvalue weighted by molar-refractivity contribution is 0.319. The van der Waals surface area contributed by atoms with Crippen molar-refractivity contribution in [2.24, 2.45) is 5.16 Å². The Kier molecular flexibility index (Phi) is 5.05. The van der Waals surface area contributed by atoms with E-state index in [0.29, 0.717) is 23.0 Å². The molecule has 0 aliphatic carbocycles. The molecule has 0 unspecified atom stereocenters. The highest BCUT2D eigenvalue weighted by molar-refractivity contribution is 5.96. The molecule has 0 saturated heterocycles. The predicted molar refractivity (Wildman–Crippen MR) is 70.0 cm³/mol. The fourth-order valence-corrected chi connectivity index (χ4v) is 1.43. The Morgan fingerprint density at radius 1 is 1.06 bits per heavy atom. The van der Waals surface area contributed by atoms with Gasteiger partial charge in [0.15, 0.2) is 11.5 Å². The molecule has 1 aromatic rings. The number of ether oxygens (including phenoxy) is 3. The molecular weight excluding hydrogens is 234 g/mol. The third-order valence-corrected chi connectivity index (χ3v) is 2.40. The number of methoxy groups -OCH3 is 3. The molecule has 0 fully saturated rings. The van der Waals surface area contributed by atoms with E-state index in [9.17, 15) is 0 Å². The van der Waals surface area contributed by atoms with Crippen LogP contribution in [0.2, 0.25) is 0 Å². The van der Waals surface area contributed by atoms with Gasteiger partial charge in [-0.2, -0.15) is 0 Å². The van der Waals surface area contributed by atoms with E-state index in [0.717, 1.165) is 5.56 Å². The van der Waals surface area contributed by atoms with Crippen LogP contribution in [-0.2, 0) is 0 Å². The van der Waals surface area contributed by atoms with Gasteiger partial charge in [0.25, 0.3) is 0 Å². The summed E-state index contributed by atoms with van der Waals surface area (Å²) in [6.45, 7) is 1.68. The molecule has 0 aromatic heterocycles. The molecule has 1 N–H and O–H groups in total. The summed E-state index contributed by atoms with van der Waals surface area (Å²) in [5.74, 6) is 1.85. The van der Waals surface area contributed by atoms with Crippen LogP contribution in [0.1, 0.15) is 12.5 Å². The molecule has 5 nitrogen and oxygen atoms in total. The Hall–Kier alpha value is -2.17. The molecule has 0 spiro atoms. The predicted octanol–water partition coefficient (Wildman–Crippen LogP) is 2.58. The Bertz CT molecular complexity index is 466. The van der Waals surface area contributed by atoms with Gasteiger partial charge in [0.05, 0.1) is 27.0 Å². The number of oxime groups is 1. The first-order valence-corrected chi connectivity index (χ1v) is 5.33. The highest BCUT2D eigenvalue weighted by atomic mass is 16.5. The van der Waals surface area contributed by atoms with Gasteiger partial charge >= 0.3 is 0 Å². The molecule has 0 heterocycles. The second-order valence-corrected chi connectivity index (χ2v) is 3.52. The van der Waals surface area contributed by atoms with Gasteiger partial charge in [-0.15, -0.1) is 0 Å². The topological polar surface area (TPSA) is 60.3 Å². The van der Waals surface area contributed by atoms with Crippen molar-refractivity contribution in [3.8, 4) is 17.2 Å². The maximum Gasteiger partial charge on any atom is 0.164 e. The Morgan fingerprint density at radius 3 is 2.11 bits per heavy atom. The summed E-state index contributed by atoms with van der Waals surface area (Å²) in [6, 6.07) is 3.53. The second kappa shape index (κ2) is 6.54. The van der Waals surface area contributed by atoms with Crippen molar-refractivity contribution in [1.82, 2.24) is 0 Å². The van der Waals surface area contributed by atoms with Gasteiger partial charge in [0.1, 0.15) is 5.75 Å². The van der Waals surface area contributed by atoms with E-state index in [1.165, 1.54) is 0 Å². The van der Waals surface area contributed by atoms with Crippen LogP contribution in [0.25, 0.3) is 6.08 Å². The number of rotatable bonds is 5. The summed E-state index contributed by atoms with van der Waals surface area (Å²) in [5.41, 5.74) is 1.30. The van der Waals surface area contributed by atoms with Crippen molar-refractivity contribution in [3.05, 3.63) is 23.8 Å². The Morgan fingerprint density at radius 2 is 1.61 bits per heavy atom. The number of hydrogen-bond donors (Lipinski definition) is 1. The lowest BCUT2D eigenvalue weighted by atomic mass is 10.1. The average molecular weight is 251 g/mol. The maximum absolute atomic E-state index is 8.58. The summed E-state index contributed by atoms with van der Waals surface area (Å²) in [5, 5.41) is 11.7.